The van der Waals surface area contributed by atoms with E-state index in [1.54, 1.807) is 24.3 Å². The molecule has 3 rings (SSSR count). The van der Waals surface area contributed by atoms with Crippen molar-refractivity contribution in [3.63, 3.8) is 0 Å². The topological polar surface area (TPSA) is 134 Å². The summed E-state index contributed by atoms with van der Waals surface area (Å²) in [6, 6.07) is 23.6. The lowest BCUT2D eigenvalue weighted by Crippen LogP contribution is -2.54. The fourth-order valence-corrected chi connectivity index (χ4v) is 4.80. The Hall–Kier alpha value is -4.50. The Morgan fingerprint density at radius 3 is 2.02 bits per heavy atom. The largest absolute Gasteiger partial charge is 0.461 e. The van der Waals surface area contributed by atoms with Gasteiger partial charge in [0, 0.05) is 23.9 Å². The average Bonchev–Trinajstić information content (AvgIpc) is 3.00. The molecular weight excluding hydrogens is 570 g/mol. The normalized spacial score (nSPS) is 13.2. The summed E-state index contributed by atoms with van der Waals surface area (Å²) >= 11 is 0. The van der Waals surface area contributed by atoms with Crippen molar-refractivity contribution in [2.75, 3.05) is 0 Å². The number of nitrogens with one attached hydrogen (secondary N) is 3. The van der Waals surface area contributed by atoms with E-state index in [-0.39, 0.29) is 44.1 Å². The molecule has 0 spiro atoms. The molecule has 3 aromatic rings. The Bertz CT molecular complexity index is 1410. The van der Waals surface area contributed by atoms with Gasteiger partial charge in [-0.25, -0.2) is 0 Å². The van der Waals surface area contributed by atoms with E-state index in [4.69, 9.17) is 4.74 Å². The number of carbonyl (C=O) groups excluding carboxylic acids is 4. The highest BCUT2D eigenvalue weighted by Gasteiger charge is 2.30. The van der Waals surface area contributed by atoms with Crippen LogP contribution < -0.4 is 16.0 Å². The van der Waals surface area contributed by atoms with Gasteiger partial charge in [-0.1, -0.05) is 85.8 Å². The maximum atomic E-state index is 13.7. The first kappa shape index (κ1) is 35.0. The molecule has 9 heteroatoms. The van der Waals surface area contributed by atoms with Gasteiger partial charge in [0.25, 0.3) is 5.91 Å². The maximum Gasteiger partial charge on any atom is 0.308 e. The van der Waals surface area contributed by atoms with Gasteiger partial charge in [0.2, 0.25) is 11.8 Å². The first-order chi connectivity index (χ1) is 21.4. The predicted molar refractivity (Wildman–Crippen MR) is 173 cm³/mol. The average molecular weight is 616 g/mol. The third kappa shape index (κ3) is 12.2. The van der Waals surface area contributed by atoms with Crippen molar-refractivity contribution in [2.45, 2.75) is 90.1 Å². The molecule has 0 saturated heterocycles. The summed E-state index contributed by atoms with van der Waals surface area (Å²) in [4.78, 5) is 52.0. The Morgan fingerprint density at radius 2 is 1.40 bits per heavy atom. The Balaban J connectivity index is 1.81. The number of benzene rings is 3. The van der Waals surface area contributed by atoms with Crippen LogP contribution in [0.5, 0.6) is 0 Å². The van der Waals surface area contributed by atoms with Gasteiger partial charge in [0.1, 0.15) is 12.6 Å². The summed E-state index contributed by atoms with van der Waals surface area (Å²) in [6.07, 6.45) is -0.370. The molecule has 3 atom stereocenters. The standard InChI is InChI=1S/C36H45N3O6/c1-5-14-32(41)37-30(23-33(42)45-24-26-17-10-7-11-18-26)35(44)38-29(21-25-15-8-6-9-16-25)31(40)22-27-19-12-13-20-28(27)34(43)39-36(2,3)4/h6-13,15-20,29-31,40H,5,14,21-24H2,1-4H3,(H,37,41)(H,38,44)(H,39,43)/t29-,30+,31+/m0/s1. The van der Waals surface area contributed by atoms with Crippen LogP contribution >= 0.6 is 0 Å². The van der Waals surface area contributed by atoms with Crippen molar-refractivity contribution in [3.8, 4) is 0 Å². The van der Waals surface area contributed by atoms with Crippen LogP contribution in [0.4, 0.5) is 0 Å². The molecule has 0 aliphatic heterocycles. The van der Waals surface area contributed by atoms with Gasteiger partial charge in [0.15, 0.2) is 0 Å². The SMILES string of the molecule is CCCC(=O)N[C@H](CC(=O)OCc1ccccc1)C(=O)N[C@@H](Cc1ccccc1)[C@H](O)Cc1ccccc1C(=O)NC(C)(C)C. The molecule has 0 aliphatic carbocycles. The highest BCUT2D eigenvalue weighted by Crippen LogP contribution is 2.17. The lowest BCUT2D eigenvalue weighted by molar-refractivity contribution is -0.147. The number of aliphatic hydroxyl groups is 1. The third-order valence-corrected chi connectivity index (χ3v) is 7.01. The van der Waals surface area contributed by atoms with Crippen LogP contribution in [0.2, 0.25) is 0 Å². The molecule has 45 heavy (non-hydrogen) atoms. The van der Waals surface area contributed by atoms with Crippen molar-refractivity contribution >= 4 is 23.7 Å². The molecule has 9 nitrogen and oxygen atoms in total. The summed E-state index contributed by atoms with van der Waals surface area (Å²) in [5.74, 6) is -1.89. The second-order valence-electron chi connectivity index (χ2n) is 12.2. The molecule has 0 bridgehead atoms. The maximum absolute atomic E-state index is 13.7. The molecule has 0 saturated carbocycles. The van der Waals surface area contributed by atoms with E-state index in [1.807, 2.05) is 88.4 Å². The minimum absolute atomic E-state index is 0.0362. The van der Waals surface area contributed by atoms with Gasteiger partial charge in [0.05, 0.1) is 18.6 Å². The smallest absolute Gasteiger partial charge is 0.308 e. The summed E-state index contributed by atoms with van der Waals surface area (Å²) in [5.41, 5.74) is 2.27. The number of carbonyl (C=O) groups is 4. The van der Waals surface area contributed by atoms with Gasteiger partial charge in [-0.15, -0.1) is 0 Å². The van der Waals surface area contributed by atoms with E-state index in [2.05, 4.69) is 16.0 Å². The molecule has 0 radical (unpaired) electrons. The molecule has 0 unspecified atom stereocenters. The van der Waals surface area contributed by atoms with Gasteiger partial charge < -0.3 is 25.8 Å². The van der Waals surface area contributed by atoms with E-state index in [0.29, 0.717) is 17.5 Å². The zero-order chi connectivity index (χ0) is 32.8. The Morgan fingerprint density at radius 1 is 0.800 bits per heavy atom. The number of ether oxygens (including phenoxy) is 1. The lowest BCUT2D eigenvalue weighted by Gasteiger charge is -2.28. The van der Waals surface area contributed by atoms with Gasteiger partial charge in [-0.2, -0.15) is 0 Å². The monoisotopic (exact) mass is 615 g/mol. The van der Waals surface area contributed by atoms with Crippen LogP contribution in [0.15, 0.2) is 84.9 Å². The molecule has 4 N–H and O–H groups in total. The van der Waals surface area contributed by atoms with Crippen molar-refractivity contribution in [1.29, 1.82) is 0 Å². The minimum atomic E-state index is -1.21. The van der Waals surface area contributed by atoms with Gasteiger partial charge in [-0.3, -0.25) is 19.2 Å². The summed E-state index contributed by atoms with van der Waals surface area (Å²) in [6.45, 7) is 7.55. The first-order valence-corrected chi connectivity index (χ1v) is 15.4. The van der Waals surface area contributed by atoms with Crippen LogP contribution in [0.1, 0.15) is 74.0 Å². The number of rotatable bonds is 15. The highest BCUT2D eigenvalue weighted by molar-refractivity contribution is 5.96. The van der Waals surface area contributed by atoms with Gasteiger partial charge in [-0.05, 0) is 56.4 Å². The summed E-state index contributed by atoms with van der Waals surface area (Å²) in [5, 5.41) is 20.0. The molecule has 0 aromatic heterocycles. The van der Waals surface area contributed by atoms with Crippen LogP contribution in [0.3, 0.4) is 0 Å². The van der Waals surface area contributed by atoms with Gasteiger partial charge >= 0.3 is 5.97 Å². The first-order valence-electron chi connectivity index (χ1n) is 15.4. The number of aliphatic hydroxyl groups excluding tert-OH is 1. The van der Waals surface area contributed by atoms with E-state index in [9.17, 15) is 24.3 Å². The zero-order valence-electron chi connectivity index (χ0n) is 26.5. The molecule has 240 valence electrons. The predicted octanol–water partition coefficient (Wildman–Crippen LogP) is 4.26. The second-order valence-corrected chi connectivity index (χ2v) is 12.2. The van der Waals surface area contributed by atoms with E-state index in [0.717, 1.165) is 11.1 Å². The van der Waals surface area contributed by atoms with Crippen LogP contribution in [0, 0.1) is 0 Å². The van der Waals surface area contributed by atoms with Crippen LogP contribution in [-0.4, -0.2) is 52.5 Å². The molecule has 3 amide bonds. The molecule has 3 aromatic carbocycles. The minimum Gasteiger partial charge on any atom is -0.461 e. The van der Waals surface area contributed by atoms with Crippen molar-refractivity contribution in [3.05, 3.63) is 107 Å². The quantitative estimate of drug-likeness (QED) is 0.189. The number of amides is 3. The van der Waals surface area contributed by atoms with Crippen molar-refractivity contribution in [1.82, 2.24) is 16.0 Å². The summed E-state index contributed by atoms with van der Waals surface area (Å²) < 4.78 is 5.39. The Kier molecular flexibility index (Phi) is 13.3. The molecule has 0 heterocycles. The fraction of sp³-hybridized carbons (Fsp3) is 0.389. The fourth-order valence-electron chi connectivity index (χ4n) is 4.80. The molecule has 0 fully saturated rings. The van der Waals surface area contributed by atoms with Crippen molar-refractivity contribution in [2.24, 2.45) is 0 Å². The highest BCUT2D eigenvalue weighted by atomic mass is 16.5. The molecular formula is C36H45N3O6. The van der Waals surface area contributed by atoms with Crippen molar-refractivity contribution < 1.29 is 29.0 Å². The zero-order valence-corrected chi connectivity index (χ0v) is 26.5. The second kappa shape index (κ2) is 17.1. The van der Waals surface area contributed by atoms with Crippen LogP contribution in [0.25, 0.3) is 0 Å². The number of esters is 1. The van der Waals surface area contributed by atoms with E-state index >= 15 is 0 Å². The van der Waals surface area contributed by atoms with E-state index in [1.165, 1.54) is 0 Å². The Labute approximate surface area is 265 Å². The van der Waals surface area contributed by atoms with Crippen LogP contribution in [-0.2, 0) is 38.6 Å². The summed E-state index contributed by atoms with van der Waals surface area (Å²) in [7, 11) is 0. The third-order valence-electron chi connectivity index (χ3n) is 7.01. The lowest BCUT2D eigenvalue weighted by atomic mass is 9.93. The number of hydrogen-bond acceptors (Lipinski definition) is 6. The van der Waals surface area contributed by atoms with E-state index < -0.39 is 35.6 Å². The number of hydrogen-bond donors (Lipinski definition) is 4. The molecule has 0 aliphatic rings.